The summed E-state index contributed by atoms with van der Waals surface area (Å²) in [7, 11) is 0. The predicted octanol–water partition coefficient (Wildman–Crippen LogP) is 3.38. The zero-order valence-corrected chi connectivity index (χ0v) is 18.3. The Morgan fingerprint density at radius 1 is 1.00 bits per heavy atom. The van der Waals surface area contributed by atoms with E-state index in [0.717, 1.165) is 16.7 Å². The van der Waals surface area contributed by atoms with Crippen LogP contribution >= 0.6 is 0 Å². The van der Waals surface area contributed by atoms with Crippen molar-refractivity contribution in [1.29, 1.82) is 0 Å². The van der Waals surface area contributed by atoms with E-state index in [1.165, 1.54) is 6.20 Å². The molecule has 0 saturated heterocycles. The van der Waals surface area contributed by atoms with Crippen LogP contribution in [0.1, 0.15) is 29.3 Å². The molecule has 7 heteroatoms. The van der Waals surface area contributed by atoms with Crippen molar-refractivity contribution in [3.63, 3.8) is 0 Å². The van der Waals surface area contributed by atoms with Crippen molar-refractivity contribution in [1.82, 2.24) is 10.3 Å². The monoisotopic (exact) mass is 436 g/mol. The van der Waals surface area contributed by atoms with E-state index in [0.29, 0.717) is 24.4 Å². The fourth-order valence-electron chi connectivity index (χ4n) is 3.21. The molecule has 0 saturated carbocycles. The van der Waals surface area contributed by atoms with Crippen LogP contribution in [0.5, 0.6) is 0 Å². The van der Waals surface area contributed by atoms with Crippen LogP contribution < -0.4 is 10.0 Å². The van der Waals surface area contributed by atoms with E-state index in [4.69, 9.17) is 4.74 Å². The summed E-state index contributed by atoms with van der Waals surface area (Å²) in [6, 6.07) is 21.2. The van der Waals surface area contributed by atoms with E-state index in [-0.39, 0.29) is 18.3 Å². The molecular weight excluding hydrogens is 410 g/mol. The Morgan fingerprint density at radius 2 is 1.71 bits per heavy atom. The van der Waals surface area contributed by atoms with Crippen LogP contribution in [-0.4, -0.2) is 29.5 Å². The highest BCUT2D eigenvalue weighted by Gasteiger charge is 2.19. The number of hydrogen-bond donors (Lipinski definition) is 2. The molecule has 3 aromatic rings. The molecule has 31 heavy (non-hydrogen) atoms. The first-order valence-corrected chi connectivity index (χ1v) is 10.6. The highest BCUT2D eigenvalue weighted by molar-refractivity contribution is 7.60. The number of nitrogens with one attached hydrogen (secondary N) is 2. The molecule has 0 aliphatic carbocycles. The van der Waals surface area contributed by atoms with Gasteiger partial charge < -0.3 is 10.1 Å². The van der Waals surface area contributed by atoms with Gasteiger partial charge in [-0.2, -0.15) is 4.72 Å². The van der Waals surface area contributed by atoms with Gasteiger partial charge in [0.2, 0.25) is 0 Å². The van der Waals surface area contributed by atoms with Gasteiger partial charge in [-0.25, -0.2) is 4.98 Å². The summed E-state index contributed by atoms with van der Waals surface area (Å²) in [6.07, 6.45) is 2.08. The lowest BCUT2D eigenvalue weighted by atomic mass is 9.99. The summed E-state index contributed by atoms with van der Waals surface area (Å²) in [5, 5.41) is 2.94. The fraction of sp³-hybridized carbons (Fsp3) is 0.208. The van der Waals surface area contributed by atoms with Crippen molar-refractivity contribution in [2.75, 3.05) is 11.3 Å². The molecule has 6 nitrogen and oxygen atoms in total. The number of ether oxygens (including phenoxy) is 1. The maximum Gasteiger partial charge on any atom is 0.307 e. The highest BCUT2D eigenvalue weighted by atomic mass is 32.1. The molecule has 0 fully saturated rings. The largest absolute Gasteiger partial charge is 0.466 e. The Balaban J connectivity index is 1.71. The molecule has 2 aromatic carbocycles. The van der Waals surface area contributed by atoms with Crippen LogP contribution in [0, 0.1) is 0 Å². The lowest BCUT2D eigenvalue weighted by molar-refractivity contribution is -0.143. The van der Waals surface area contributed by atoms with Crippen LogP contribution in [0.3, 0.4) is 0 Å². The number of aromatic nitrogens is 1. The number of carbonyl (C=O) groups is 2. The van der Waals surface area contributed by atoms with Crippen molar-refractivity contribution in [2.45, 2.75) is 25.8 Å². The summed E-state index contributed by atoms with van der Waals surface area (Å²) in [5.41, 5.74) is 3.69. The lowest BCUT2D eigenvalue weighted by Gasteiger charge is -2.18. The maximum atomic E-state index is 12.7. The molecule has 0 radical (unpaired) electrons. The molecule has 160 valence electrons. The van der Waals surface area contributed by atoms with Crippen molar-refractivity contribution in [3.8, 4) is 11.1 Å². The number of amides is 1. The zero-order valence-electron chi connectivity index (χ0n) is 17.3. The number of nitrogens with zero attached hydrogens (tertiary/aromatic N) is 1. The molecular formula is C24H26N3O3S+. The Morgan fingerprint density at radius 3 is 2.32 bits per heavy atom. The molecule has 1 atom stereocenters. The second kappa shape index (κ2) is 11.2. The Kier molecular flexibility index (Phi) is 8.06. The van der Waals surface area contributed by atoms with Gasteiger partial charge in [0.25, 0.3) is 5.91 Å². The van der Waals surface area contributed by atoms with E-state index in [1.54, 1.807) is 19.1 Å². The Labute approximate surface area is 187 Å². The lowest BCUT2D eigenvalue weighted by Crippen LogP contribution is -2.38. The molecule has 1 unspecified atom stereocenters. The summed E-state index contributed by atoms with van der Waals surface area (Å²) in [4.78, 5) is 28.9. The number of benzene rings is 2. The first-order chi connectivity index (χ1) is 15.1. The zero-order chi connectivity index (χ0) is 22.1. The highest BCUT2D eigenvalue weighted by Crippen LogP contribution is 2.20. The van der Waals surface area contributed by atoms with Gasteiger partial charge >= 0.3 is 5.97 Å². The van der Waals surface area contributed by atoms with Gasteiger partial charge in [-0.1, -0.05) is 54.6 Å². The minimum Gasteiger partial charge on any atom is -0.466 e. The van der Waals surface area contributed by atoms with Crippen LogP contribution in [0.2, 0.25) is 0 Å². The van der Waals surface area contributed by atoms with E-state index in [2.05, 4.69) is 40.0 Å². The van der Waals surface area contributed by atoms with Crippen LogP contribution in [0.25, 0.3) is 11.1 Å². The van der Waals surface area contributed by atoms with Gasteiger partial charge in [-0.15, -0.1) is 0 Å². The second-order valence-corrected chi connectivity index (χ2v) is 7.25. The average molecular weight is 437 g/mol. The molecule has 1 amide bonds. The molecule has 0 spiro atoms. The van der Waals surface area contributed by atoms with Crippen LogP contribution in [0.15, 0.2) is 72.9 Å². The number of hydrogen-bond acceptors (Lipinski definition) is 5. The molecule has 0 aliphatic heterocycles. The SMILES string of the molecule is CCOC(=O)CC(Cc1ccc(-c2ccccc2)cc1)NC(=O)c1ccc(N[SH2+])nc1. The third kappa shape index (κ3) is 6.58. The molecule has 2 N–H and O–H groups in total. The molecule has 1 aromatic heterocycles. The van der Waals surface area contributed by atoms with Crippen molar-refractivity contribution < 1.29 is 14.3 Å². The summed E-state index contributed by atoms with van der Waals surface area (Å²) in [6.45, 7) is 2.06. The molecule has 0 bridgehead atoms. The van der Waals surface area contributed by atoms with Gasteiger partial charge in [0, 0.05) is 12.2 Å². The summed E-state index contributed by atoms with van der Waals surface area (Å²) >= 11 is 3.14. The standard InChI is InChI=1S/C24H25N3O3S/c1-2-30-23(28)15-21(26-24(29)20-12-13-22(27-31)25-16-20)14-17-8-10-19(11-9-17)18-6-4-3-5-7-18/h3-13,16,21,31H,2,14-15H2,1H3,(H,25,27)(H,26,29)/p+1. The quantitative estimate of drug-likeness (QED) is 0.397. The molecule has 3 rings (SSSR count). The minimum absolute atomic E-state index is 0.0915. The fourth-order valence-corrected chi connectivity index (χ4v) is 3.36. The third-order valence-electron chi connectivity index (χ3n) is 4.75. The molecule has 1 heterocycles. The Hall–Kier alpha value is -3.32. The van der Waals surface area contributed by atoms with Gasteiger partial charge in [0.1, 0.15) is 0 Å². The van der Waals surface area contributed by atoms with Crippen molar-refractivity contribution in [3.05, 3.63) is 84.1 Å². The third-order valence-corrected chi connectivity index (χ3v) is 5.01. The number of pyridine rings is 1. The van der Waals surface area contributed by atoms with Gasteiger partial charge in [0.15, 0.2) is 5.82 Å². The summed E-state index contributed by atoms with van der Waals surface area (Å²) < 4.78 is 7.81. The van der Waals surface area contributed by atoms with E-state index in [9.17, 15) is 9.59 Å². The number of rotatable bonds is 9. The topological polar surface area (TPSA) is 80.3 Å². The molecule has 0 aliphatic rings. The first kappa shape index (κ1) is 22.4. The Bertz CT molecular complexity index is 993. The van der Waals surface area contributed by atoms with Crippen LogP contribution in [-0.2, 0) is 28.8 Å². The first-order valence-electron chi connectivity index (χ1n) is 10.1. The normalized spacial score (nSPS) is 11.4. The second-order valence-electron chi connectivity index (χ2n) is 7.00. The van der Waals surface area contributed by atoms with Crippen molar-refractivity contribution in [2.24, 2.45) is 0 Å². The summed E-state index contributed by atoms with van der Waals surface area (Å²) in [5.74, 6) is -0.0385. The van der Waals surface area contributed by atoms with E-state index >= 15 is 0 Å². The average Bonchev–Trinajstić information content (AvgIpc) is 2.80. The number of carbonyl (C=O) groups excluding carboxylic acids is 2. The van der Waals surface area contributed by atoms with Crippen LogP contribution in [0.4, 0.5) is 5.82 Å². The number of anilines is 1. The van der Waals surface area contributed by atoms with E-state index < -0.39 is 6.04 Å². The van der Waals surface area contributed by atoms with Gasteiger partial charge in [-0.05, 0) is 42.2 Å². The predicted molar refractivity (Wildman–Crippen MR) is 126 cm³/mol. The number of esters is 1. The van der Waals surface area contributed by atoms with Crippen molar-refractivity contribution >= 4 is 30.5 Å². The van der Waals surface area contributed by atoms with Gasteiger partial charge in [0.05, 0.1) is 31.4 Å². The van der Waals surface area contributed by atoms with Gasteiger partial charge in [-0.3, -0.25) is 9.59 Å². The minimum atomic E-state index is -0.400. The smallest absolute Gasteiger partial charge is 0.307 e. The maximum absolute atomic E-state index is 12.7. The van der Waals surface area contributed by atoms with E-state index in [1.807, 2.05) is 42.5 Å².